The smallest absolute Gasteiger partial charge is 0.251 e. The first-order valence-corrected chi connectivity index (χ1v) is 7.64. The van der Waals surface area contributed by atoms with Gasteiger partial charge in [-0.3, -0.25) is 4.79 Å². The minimum absolute atomic E-state index is 0.132. The number of rotatable bonds is 8. The van der Waals surface area contributed by atoms with Crippen molar-refractivity contribution in [2.75, 3.05) is 25.0 Å². The Morgan fingerprint density at radius 3 is 2.61 bits per heavy atom. The molecule has 0 spiro atoms. The summed E-state index contributed by atoms with van der Waals surface area (Å²) in [6.45, 7) is 0.506. The minimum Gasteiger partial charge on any atom is -0.394 e. The molecule has 23 heavy (non-hydrogen) atoms. The molecule has 2 rings (SSSR count). The van der Waals surface area contributed by atoms with E-state index < -0.39 is 6.10 Å². The van der Waals surface area contributed by atoms with Gasteiger partial charge in [0.2, 0.25) is 0 Å². The van der Waals surface area contributed by atoms with Gasteiger partial charge in [-0.15, -0.1) is 0 Å². The molecule has 0 aliphatic heterocycles. The van der Waals surface area contributed by atoms with Crippen molar-refractivity contribution < 1.29 is 15.0 Å². The molecule has 0 heterocycles. The summed E-state index contributed by atoms with van der Waals surface area (Å²) in [6, 6.07) is 17.0. The third-order valence-corrected chi connectivity index (χ3v) is 3.42. The molecular weight excluding hydrogens is 292 g/mol. The van der Waals surface area contributed by atoms with Gasteiger partial charge in [-0.2, -0.15) is 0 Å². The van der Waals surface area contributed by atoms with Gasteiger partial charge < -0.3 is 20.8 Å². The van der Waals surface area contributed by atoms with E-state index in [4.69, 9.17) is 5.11 Å². The van der Waals surface area contributed by atoms with Gasteiger partial charge in [0.05, 0.1) is 12.7 Å². The Morgan fingerprint density at radius 1 is 1.09 bits per heavy atom. The van der Waals surface area contributed by atoms with E-state index in [1.54, 1.807) is 18.2 Å². The molecule has 4 N–H and O–H groups in total. The van der Waals surface area contributed by atoms with E-state index in [1.165, 1.54) is 5.56 Å². The molecule has 1 unspecified atom stereocenters. The number of aliphatic hydroxyl groups excluding tert-OH is 2. The molecule has 2 aromatic carbocycles. The fraction of sp³-hybridized carbons (Fsp3) is 0.278. The quantitative estimate of drug-likeness (QED) is 0.594. The zero-order valence-corrected chi connectivity index (χ0v) is 12.9. The highest BCUT2D eigenvalue weighted by atomic mass is 16.3. The molecule has 0 aliphatic carbocycles. The number of amides is 1. The van der Waals surface area contributed by atoms with E-state index in [1.807, 2.05) is 36.4 Å². The lowest BCUT2D eigenvalue weighted by molar-refractivity contribution is 0.0954. The lowest BCUT2D eigenvalue weighted by atomic mass is 10.1. The van der Waals surface area contributed by atoms with Crippen LogP contribution < -0.4 is 10.6 Å². The second kappa shape index (κ2) is 8.92. The van der Waals surface area contributed by atoms with Crippen LogP contribution in [-0.2, 0) is 6.42 Å². The molecule has 5 heteroatoms. The van der Waals surface area contributed by atoms with Crippen LogP contribution in [0.25, 0.3) is 0 Å². The molecular formula is C18H22N2O3. The van der Waals surface area contributed by atoms with Gasteiger partial charge in [-0.25, -0.2) is 0 Å². The van der Waals surface area contributed by atoms with Crippen molar-refractivity contribution in [3.63, 3.8) is 0 Å². The summed E-state index contributed by atoms with van der Waals surface area (Å²) in [5.41, 5.74) is 2.47. The first-order valence-electron chi connectivity index (χ1n) is 7.64. The van der Waals surface area contributed by atoms with E-state index in [0.717, 1.165) is 12.1 Å². The maximum atomic E-state index is 12.2. The molecule has 2 aromatic rings. The van der Waals surface area contributed by atoms with Gasteiger partial charge in [-0.05, 0) is 30.2 Å². The summed E-state index contributed by atoms with van der Waals surface area (Å²) in [4.78, 5) is 12.2. The van der Waals surface area contributed by atoms with Gasteiger partial charge >= 0.3 is 0 Å². The summed E-state index contributed by atoms with van der Waals surface area (Å²) in [7, 11) is 0. The number of aliphatic hydroxyl groups is 2. The molecule has 0 fully saturated rings. The maximum Gasteiger partial charge on any atom is 0.251 e. The van der Waals surface area contributed by atoms with Crippen LogP contribution in [0.15, 0.2) is 54.6 Å². The van der Waals surface area contributed by atoms with E-state index in [9.17, 15) is 9.90 Å². The van der Waals surface area contributed by atoms with Crippen molar-refractivity contribution in [2.24, 2.45) is 0 Å². The maximum absolute atomic E-state index is 12.2. The summed E-state index contributed by atoms with van der Waals surface area (Å²) < 4.78 is 0. The van der Waals surface area contributed by atoms with Gasteiger partial charge in [-0.1, -0.05) is 36.4 Å². The van der Waals surface area contributed by atoms with Gasteiger partial charge in [0.25, 0.3) is 5.91 Å². The van der Waals surface area contributed by atoms with Crippen LogP contribution in [0.1, 0.15) is 15.9 Å². The molecule has 0 aromatic heterocycles. The first-order chi connectivity index (χ1) is 11.2. The highest BCUT2D eigenvalue weighted by Gasteiger charge is 2.07. The number of hydrogen-bond acceptors (Lipinski definition) is 4. The number of benzene rings is 2. The second-order valence-electron chi connectivity index (χ2n) is 5.29. The molecule has 1 atom stereocenters. The average Bonchev–Trinajstić information content (AvgIpc) is 2.60. The van der Waals surface area contributed by atoms with Crippen molar-refractivity contribution >= 4 is 11.6 Å². The Labute approximate surface area is 136 Å². The van der Waals surface area contributed by atoms with Gasteiger partial charge in [0.1, 0.15) is 0 Å². The fourth-order valence-corrected chi connectivity index (χ4v) is 2.14. The van der Waals surface area contributed by atoms with Crippen LogP contribution in [-0.4, -0.2) is 41.9 Å². The zero-order chi connectivity index (χ0) is 16.5. The van der Waals surface area contributed by atoms with Crippen molar-refractivity contribution in [2.45, 2.75) is 12.5 Å². The largest absolute Gasteiger partial charge is 0.394 e. The number of anilines is 1. The van der Waals surface area contributed by atoms with Crippen molar-refractivity contribution in [1.29, 1.82) is 0 Å². The molecule has 122 valence electrons. The first kappa shape index (κ1) is 17.0. The lowest BCUT2D eigenvalue weighted by Gasteiger charge is -2.11. The van der Waals surface area contributed by atoms with E-state index >= 15 is 0 Å². The van der Waals surface area contributed by atoms with Crippen LogP contribution in [0.4, 0.5) is 5.69 Å². The van der Waals surface area contributed by atoms with Gasteiger partial charge in [0.15, 0.2) is 0 Å². The Bertz CT molecular complexity index is 617. The van der Waals surface area contributed by atoms with Crippen LogP contribution in [0.3, 0.4) is 0 Å². The van der Waals surface area contributed by atoms with Crippen molar-refractivity contribution in [1.82, 2.24) is 5.32 Å². The Kier molecular flexibility index (Phi) is 6.59. The molecule has 0 radical (unpaired) electrons. The summed E-state index contributed by atoms with van der Waals surface area (Å²) in [5, 5.41) is 24.0. The van der Waals surface area contributed by atoms with Crippen LogP contribution in [0.5, 0.6) is 0 Å². The normalized spacial score (nSPS) is 11.7. The van der Waals surface area contributed by atoms with E-state index in [2.05, 4.69) is 10.6 Å². The SMILES string of the molecule is O=C(NCCc1ccccc1)c1cccc(NCC(O)CO)c1. The fourth-order valence-electron chi connectivity index (χ4n) is 2.14. The average molecular weight is 314 g/mol. The van der Waals surface area contributed by atoms with Crippen molar-refractivity contribution in [3.05, 3.63) is 65.7 Å². The minimum atomic E-state index is -0.821. The molecule has 0 aliphatic rings. The molecule has 0 saturated carbocycles. The molecule has 0 bridgehead atoms. The summed E-state index contributed by atoms with van der Waals surface area (Å²) in [6.07, 6.45) is -0.0360. The van der Waals surface area contributed by atoms with Crippen molar-refractivity contribution in [3.8, 4) is 0 Å². The zero-order valence-electron chi connectivity index (χ0n) is 12.9. The van der Waals surface area contributed by atoms with Crippen LogP contribution >= 0.6 is 0 Å². The topological polar surface area (TPSA) is 81.6 Å². The molecule has 5 nitrogen and oxygen atoms in total. The predicted octanol–water partition coefficient (Wildman–Crippen LogP) is 1.42. The number of nitrogens with one attached hydrogen (secondary N) is 2. The second-order valence-corrected chi connectivity index (χ2v) is 5.29. The summed E-state index contributed by atoms with van der Waals surface area (Å²) in [5.74, 6) is -0.132. The standard InChI is InChI=1S/C18H22N2O3/c21-13-17(22)12-20-16-8-4-7-15(11-16)18(23)19-10-9-14-5-2-1-3-6-14/h1-8,11,17,20-22H,9-10,12-13H2,(H,19,23). The predicted molar refractivity (Wildman–Crippen MR) is 90.5 cm³/mol. The Hall–Kier alpha value is -2.37. The molecule has 0 saturated heterocycles. The van der Waals surface area contributed by atoms with Crippen LogP contribution in [0, 0.1) is 0 Å². The van der Waals surface area contributed by atoms with E-state index in [0.29, 0.717) is 12.1 Å². The highest BCUT2D eigenvalue weighted by Crippen LogP contribution is 2.10. The lowest BCUT2D eigenvalue weighted by Crippen LogP contribution is -2.26. The third-order valence-electron chi connectivity index (χ3n) is 3.42. The third kappa shape index (κ3) is 5.73. The molecule has 1 amide bonds. The number of carbonyl (C=O) groups excluding carboxylic acids is 1. The van der Waals surface area contributed by atoms with Crippen LogP contribution in [0.2, 0.25) is 0 Å². The Morgan fingerprint density at radius 2 is 1.87 bits per heavy atom. The highest BCUT2D eigenvalue weighted by molar-refractivity contribution is 5.95. The van der Waals surface area contributed by atoms with E-state index in [-0.39, 0.29) is 19.1 Å². The monoisotopic (exact) mass is 314 g/mol. The number of hydrogen-bond donors (Lipinski definition) is 4. The summed E-state index contributed by atoms with van der Waals surface area (Å²) >= 11 is 0. The Balaban J connectivity index is 1.84. The number of carbonyl (C=O) groups is 1. The van der Waals surface area contributed by atoms with Gasteiger partial charge in [0, 0.05) is 24.3 Å².